The minimum Gasteiger partial charge on any atom is -0.329 e. The first kappa shape index (κ1) is 16.9. The molecule has 0 bridgehead atoms. The second-order valence-electron chi connectivity index (χ2n) is 5.58. The van der Waals surface area contributed by atoms with E-state index in [2.05, 4.69) is 19.6 Å². The highest BCUT2D eigenvalue weighted by atomic mass is 19.4. The predicted molar refractivity (Wildman–Crippen MR) is 81.8 cm³/mol. The van der Waals surface area contributed by atoms with Gasteiger partial charge in [0.05, 0.1) is 12.2 Å². The van der Waals surface area contributed by atoms with E-state index in [-0.39, 0.29) is 17.9 Å². The Kier molecular flexibility index (Phi) is 4.15. The molecule has 0 saturated carbocycles. The van der Waals surface area contributed by atoms with E-state index in [9.17, 15) is 18.0 Å². The number of rotatable bonds is 3. The summed E-state index contributed by atoms with van der Waals surface area (Å²) in [5.74, 6) is -1.74. The molecule has 0 atom stereocenters. The number of alkyl halides is 3. The molecule has 0 aromatic carbocycles. The van der Waals surface area contributed by atoms with E-state index in [1.165, 1.54) is 16.8 Å². The van der Waals surface area contributed by atoms with Crippen molar-refractivity contribution < 1.29 is 17.7 Å². The van der Waals surface area contributed by atoms with Gasteiger partial charge in [-0.1, -0.05) is 5.16 Å². The SMILES string of the molecule is Cc1cc(C)nc(Cn2ccc(-c3noc(C(F)(F)F)n3)cc2=O)c1. The zero-order valence-corrected chi connectivity index (χ0v) is 13.3. The molecule has 0 spiro atoms. The summed E-state index contributed by atoms with van der Waals surface area (Å²) >= 11 is 0. The van der Waals surface area contributed by atoms with Crippen LogP contribution in [0.25, 0.3) is 11.4 Å². The number of nitrogens with zero attached hydrogens (tertiary/aromatic N) is 4. The normalized spacial score (nSPS) is 11.7. The average Bonchev–Trinajstić information content (AvgIpc) is 2.98. The number of aryl methyl sites for hydroxylation is 2. The van der Waals surface area contributed by atoms with Crippen LogP contribution in [0.4, 0.5) is 13.2 Å². The van der Waals surface area contributed by atoms with Gasteiger partial charge in [-0.25, -0.2) is 0 Å². The molecule has 0 radical (unpaired) electrons. The van der Waals surface area contributed by atoms with Gasteiger partial charge in [-0.15, -0.1) is 0 Å². The fraction of sp³-hybridized carbons (Fsp3) is 0.250. The van der Waals surface area contributed by atoms with Gasteiger partial charge < -0.3 is 9.09 Å². The van der Waals surface area contributed by atoms with Crippen LogP contribution in [0.1, 0.15) is 22.8 Å². The van der Waals surface area contributed by atoms with Crippen LogP contribution in [0.15, 0.2) is 39.8 Å². The van der Waals surface area contributed by atoms with Crippen LogP contribution < -0.4 is 5.56 Å². The second-order valence-corrected chi connectivity index (χ2v) is 5.58. The zero-order valence-electron chi connectivity index (χ0n) is 13.3. The molecule has 0 fully saturated rings. The molecule has 3 rings (SSSR count). The fourth-order valence-electron chi connectivity index (χ4n) is 2.41. The molecule has 0 aliphatic heterocycles. The fourth-order valence-corrected chi connectivity index (χ4v) is 2.41. The monoisotopic (exact) mass is 350 g/mol. The zero-order chi connectivity index (χ0) is 18.2. The van der Waals surface area contributed by atoms with Gasteiger partial charge in [-0.3, -0.25) is 9.78 Å². The van der Waals surface area contributed by atoms with Crippen LogP contribution in [0.5, 0.6) is 0 Å². The Balaban J connectivity index is 1.88. The lowest BCUT2D eigenvalue weighted by atomic mass is 10.2. The maximum Gasteiger partial charge on any atom is 0.471 e. The molecule has 3 aromatic rings. The summed E-state index contributed by atoms with van der Waals surface area (Å²) in [5.41, 5.74) is 2.32. The van der Waals surface area contributed by atoms with Gasteiger partial charge in [0.2, 0.25) is 5.82 Å². The highest BCUT2D eigenvalue weighted by Crippen LogP contribution is 2.29. The molecule has 0 amide bonds. The summed E-state index contributed by atoms with van der Waals surface area (Å²) in [5, 5.41) is 3.26. The second kappa shape index (κ2) is 6.15. The van der Waals surface area contributed by atoms with Crippen molar-refractivity contribution in [1.29, 1.82) is 0 Å². The molecule has 25 heavy (non-hydrogen) atoms. The quantitative estimate of drug-likeness (QED) is 0.726. The van der Waals surface area contributed by atoms with Crippen molar-refractivity contribution in [2.45, 2.75) is 26.6 Å². The van der Waals surface area contributed by atoms with E-state index >= 15 is 0 Å². The summed E-state index contributed by atoms with van der Waals surface area (Å²) in [6.45, 7) is 4.04. The number of hydrogen-bond acceptors (Lipinski definition) is 5. The van der Waals surface area contributed by atoms with Crippen LogP contribution in [0, 0.1) is 13.8 Å². The Morgan fingerprint density at radius 1 is 1.16 bits per heavy atom. The number of aromatic nitrogens is 4. The van der Waals surface area contributed by atoms with E-state index < -0.39 is 17.6 Å². The van der Waals surface area contributed by atoms with Gasteiger partial charge >= 0.3 is 12.1 Å². The highest BCUT2D eigenvalue weighted by Gasteiger charge is 2.38. The highest BCUT2D eigenvalue weighted by molar-refractivity contribution is 5.52. The van der Waals surface area contributed by atoms with Crippen LogP contribution in [-0.4, -0.2) is 19.7 Å². The number of halogens is 3. The van der Waals surface area contributed by atoms with Gasteiger partial charge in [-0.2, -0.15) is 18.2 Å². The third-order valence-corrected chi connectivity index (χ3v) is 3.41. The predicted octanol–water partition coefficient (Wildman–Crippen LogP) is 2.98. The maximum atomic E-state index is 12.5. The van der Waals surface area contributed by atoms with Gasteiger partial charge in [-0.05, 0) is 37.6 Å². The smallest absolute Gasteiger partial charge is 0.329 e. The van der Waals surface area contributed by atoms with Gasteiger partial charge in [0.25, 0.3) is 5.56 Å². The Morgan fingerprint density at radius 3 is 2.52 bits per heavy atom. The minimum absolute atomic E-state index is 0.147. The standard InChI is InChI=1S/C16H13F3N4O2/c1-9-5-10(2)20-12(6-9)8-23-4-3-11(7-13(23)24)14-21-15(25-22-14)16(17,18)19/h3-7H,8H2,1-2H3. The van der Waals surface area contributed by atoms with E-state index in [1.54, 1.807) is 0 Å². The van der Waals surface area contributed by atoms with Crippen molar-refractivity contribution in [3.8, 4) is 11.4 Å². The van der Waals surface area contributed by atoms with Crippen LogP contribution in [-0.2, 0) is 12.7 Å². The molecule has 130 valence electrons. The molecular formula is C16H13F3N4O2. The lowest BCUT2D eigenvalue weighted by molar-refractivity contribution is -0.159. The topological polar surface area (TPSA) is 73.8 Å². The first-order valence-electron chi connectivity index (χ1n) is 7.28. The molecule has 0 N–H and O–H groups in total. The Labute approximate surface area is 139 Å². The molecule has 0 aliphatic rings. The molecule has 3 heterocycles. The van der Waals surface area contributed by atoms with Crippen molar-refractivity contribution in [1.82, 2.24) is 19.7 Å². The van der Waals surface area contributed by atoms with Crippen molar-refractivity contribution in [3.63, 3.8) is 0 Å². The average molecular weight is 350 g/mol. The van der Waals surface area contributed by atoms with E-state index in [4.69, 9.17) is 0 Å². The first-order chi connectivity index (χ1) is 11.7. The van der Waals surface area contributed by atoms with Crippen LogP contribution in [0.2, 0.25) is 0 Å². The van der Waals surface area contributed by atoms with Crippen molar-refractivity contribution in [3.05, 3.63) is 63.7 Å². The summed E-state index contributed by atoms with van der Waals surface area (Å²) in [6, 6.07) is 6.40. The molecule has 9 heteroatoms. The van der Waals surface area contributed by atoms with Gasteiger partial charge in [0.15, 0.2) is 0 Å². The van der Waals surface area contributed by atoms with E-state index in [0.29, 0.717) is 5.69 Å². The largest absolute Gasteiger partial charge is 0.471 e. The van der Waals surface area contributed by atoms with Crippen molar-refractivity contribution in [2.75, 3.05) is 0 Å². The lowest BCUT2D eigenvalue weighted by Crippen LogP contribution is -2.20. The van der Waals surface area contributed by atoms with E-state index in [0.717, 1.165) is 17.3 Å². The van der Waals surface area contributed by atoms with Crippen LogP contribution in [0.3, 0.4) is 0 Å². The first-order valence-corrected chi connectivity index (χ1v) is 7.28. The Hall–Kier alpha value is -2.97. The van der Waals surface area contributed by atoms with Gasteiger partial charge in [0, 0.05) is 23.5 Å². The number of pyridine rings is 2. The van der Waals surface area contributed by atoms with Crippen molar-refractivity contribution >= 4 is 0 Å². The maximum absolute atomic E-state index is 12.5. The summed E-state index contributed by atoms with van der Waals surface area (Å²) in [6.07, 6.45) is -3.27. The van der Waals surface area contributed by atoms with Crippen molar-refractivity contribution in [2.24, 2.45) is 0 Å². The molecule has 3 aromatic heterocycles. The van der Waals surface area contributed by atoms with Crippen LogP contribution >= 0.6 is 0 Å². The van der Waals surface area contributed by atoms with E-state index in [1.807, 2.05) is 26.0 Å². The van der Waals surface area contributed by atoms with Gasteiger partial charge in [0.1, 0.15) is 0 Å². The molecule has 0 aliphatic carbocycles. The Morgan fingerprint density at radius 2 is 1.92 bits per heavy atom. The third-order valence-electron chi connectivity index (χ3n) is 3.41. The lowest BCUT2D eigenvalue weighted by Gasteiger charge is -2.07. The molecular weight excluding hydrogens is 337 g/mol. The number of hydrogen-bond donors (Lipinski definition) is 0. The summed E-state index contributed by atoms with van der Waals surface area (Å²) in [4.78, 5) is 19.8. The molecule has 0 saturated heterocycles. The molecule has 6 nitrogen and oxygen atoms in total. The Bertz CT molecular complexity index is 956. The third kappa shape index (κ3) is 3.76. The summed E-state index contributed by atoms with van der Waals surface area (Å²) in [7, 11) is 0. The molecule has 0 unspecified atom stereocenters. The summed E-state index contributed by atoms with van der Waals surface area (Å²) < 4.78 is 43.1. The minimum atomic E-state index is -4.73.